The molecule has 0 N–H and O–H groups in total. The molecule has 0 fully saturated rings. The average molecular weight is 295 g/mol. The van der Waals surface area contributed by atoms with Gasteiger partial charge in [-0.3, -0.25) is 0 Å². The molecule has 0 aliphatic carbocycles. The van der Waals surface area contributed by atoms with Gasteiger partial charge in [-0.15, -0.1) is 0 Å². The third kappa shape index (κ3) is 3.09. The Morgan fingerprint density at radius 3 is 2.68 bits per heavy atom. The third-order valence-corrected chi connectivity index (χ3v) is 3.37. The first-order valence-electron chi connectivity index (χ1n) is 6.99. The minimum absolute atomic E-state index is 0.557. The van der Waals surface area contributed by atoms with Crippen LogP contribution in [0.2, 0.25) is 0 Å². The summed E-state index contributed by atoms with van der Waals surface area (Å²) in [4.78, 5) is 6.50. The first-order valence-corrected chi connectivity index (χ1v) is 6.99. The molecule has 0 bridgehead atoms. The van der Waals surface area contributed by atoms with E-state index >= 15 is 0 Å². The van der Waals surface area contributed by atoms with Gasteiger partial charge < -0.3 is 14.2 Å². The van der Waals surface area contributed by atoms with Crippen LogP contribution in [0.1, 0.15) is 5.89 Å². The zero-order valence-corrected chi connectivity index (χ0v) is 12.6. The molecular formula is C17H17N3O2. The number of hydrogen-bond acceptors (Lipinski definition) is 5. The number of ether oxygens (including phenoxy) is 1. The molecule has 0 atom stereocenters. The Morgan fingerprint density at radius 1 is 1.09 bits per heavy atom. The quantitative estimate of drug-likeness (QED) is 0.722. The van der Waals surface area contributed by atoms with E-state index in [0.717, 1.165) is 17.0 Å². The summed E-state index contributed by atoms with van der Waals surface area (Å²) in [5.41, 5.74) is 1.97. The second-order valence-electron chi connectivity index (χ2n) is 4.94. The van der Waals surface area contributed by atoms with Crippen molar-refractivity contribution in [2.45, 2.75) is 6.54 Å². The van der Waals surface area contributed by atoms with Gasteiger partial charge in [-0.05, 0) is 24.3 Å². The van der Waals surface area contributed by atoms with Crippen molar-refractivity contribution in [2.24, 2.45) is 0 Å². The fourth-order valence-corrected chi connectivity index (χ4v) is 2.18. The normalized spacial score (nSPS) is 10.5. The SMILES string of the molecule is COc1cccc(-c2noc(CN(C)c3ccccc3)n2)c1. The molecule has 0 saturated heterocycles. The second kappa shape index (κ2) is 6.30. The summed E-state index contributed by atoms with van der Waals surface area (Å²) >= 11 is 0. The molecule has 2 aromatic carbocycles. The molecular weight excluding hydrogens is 278 g/mol. The molecule has 0 saturated carbocycles. The fraction of sp³-hybridized carbons (Fsp3) is 0.176. The lowest BCUT2D eigenvalue weighted by molar-refractivity contribution is 0.378. The van der Waals surface area contributed by atoms with Gasteiger partial charge in [-0.2, -0.15) is 4.98 Å². The highest BCUT2D eigenvalue weighted by molar-refractivity contribution is 5.57. The summed E-state index contributed by atoms with van der Waals surface area (Å²) in [6.45, 7) is 0.557. The van der Waals surface area contributed by atoms with Crippen LogP contribution in [0.15, 0.2) is 59.1 Å². The lowest BCUT2D eigenvalue weighted by atomic mass is 10.2. The summed E-state index contributed by atoms with van der Waals surface area (Å²) in [5.74, 6) is 1.91. The van der Waals surface area contributed by atoms with Gasteiger partial charge in [-0.1, -0.05) is 35.5 Å². The smallest absolute Gasteiger partial charge is 0.246 e. The molecule has 5 nitrogen and oxygen atoms in total. The van der Waals surface area contributed by atoms with E-state index in [1.54, 1.807) is 7.11 Å². The highest BCUT2D eigenvalue weighted by atomic mass is 16.5. The van der Waals surface area contributed by atoms with Gasteiger partial charge in [-0.25, -0.2) is 0 Å². The van der Waals surface area contributed by atoms with Crippen LogP contribution in [0.25, 0.3) is 11.4 Å². The van der Waals surface area contributed by atoms with Gasteiger partial charge >= 0.3 is 0 Å². The maximum atomic E-state index is 5.34. The molecule has 1 aromatic heterocycles. The minimum atomic E-state index is 0.557. The van der Waals surface area contributed by atoms with Gasteiger partial charge in [0.15, 0.2) is 0 Å². The van der Waals surface area contributed by atoms with Crippen molar-refractivity contribution in [3.63, 3.8) is 0 Å². The molecule has 3 aromatic rings. The van der Waals surface area contributed by atoms with Crippen LogP contribution < -0.4 is 9.64 Å². The van der Waals surface area contributed by atoms with Gasteiger partial charge in [0.05, 0.1) is 13.7 Å². The topological polar surface area (TPSA) is 51.4 Å². The maximum absolute atomic E-state index is 5.34. The largest absolute Gasteiger partial charge is 0.497 e. The third-order valence-electron chi connectivity index (χ3n) is 3.37. The first-order chi connectivity index (χ1) is 10.8. The molecule has 22 heavy (non-hydrogen) atoms. The van der Waals surface area contributed by atoms with Crippen LogP contribution in [-0.2, 0) is 6.54 Å². The average Bonchev–Trinajstić information content (AvgIpc) is 3.04. The Hall–Kier alpha value is -2.82. The number of nitrogens with zero attached hydrogens (tertiary/aromatic N) is 3. The lowest BCUT2D eigenvalue weighted by Crippen LogP contribution is -2.16. The van der Waals surface area contributed by atoms with Crippen LogP contribution in [-0.4, -0.2) is 24.3 Å². The molecule has 0 radical (unpaired) electrons. The second-order valence-corrected chi connectivity index (χ2v) is 4.94. The molecule has 0 amide bonds. The highest BCUT2D eigenvalue weighted by Gasteiger charge is 2.11. The van der Waals surface area contributed by atoms with Crippen LogP contribution in [0.5, 0.6) is 5.75 Å². The Labute approximate surface area is 129 Å². The standard InChI is InChI=1S/C17H17N3O2/c1-20(14-8-4-3-5-9-14)12-16-18-17(19-22-16)13-7-6-10-15(11-13)21-2/h3-11H,12H2,1-2H3. The van der Waals surface area contributed by atoms with Crippen LogP contribution >= 0.6 is 0 Å². The Bertz CT molecular complexity index is 740. The molecule has 0 unspecified atom stereocenters. The van der Waals surface area contributed by atoms with Gasteiger partial charge in [0.1, 0.15) is 5.75 Å². The summed E-state index contributed by atoms with van der Waals surface area (Å²) in [6.07, 6.45) is 0. The molecule has 1 heterocycles. The summed E-state index contributed by atoms with van der Waals surface area (Å²) in [6, 6.07) is 17.7. The number of anilines is 1. The van der Waals surface area contributed by atoms with E-state index in [1.807, 2.05) is 61.6 Å². The zero-order chi connectivity index (χ0) is 15.4. The van der Waals surface area contributed by atoms with E-state index in [1.165, 1.54) is 0 Å². The van der Waals surface area contributed by atoms with Gasteiger partial charge in [0.2, 0.25) is 11.7 Å². The van der Waals surface area contributed by atoms with Crippen molar-refractivity contribution in [2.75, 3.05) is 19.1 Å². The van der Waals surface area contributed by atoms with Crippen molar-refractivity contribution >= 4 is 5.69 Å². The van der Waals surface area contributed by atoms with Gasteiger partial charge in [0, 0.05) is 18.3 Å². The van der Waals surface area contributed by atoms with Crippen molar-refractivity contribution in [3.05, 3.63) is 60.5 Å². The monoisotopic (exact) mass is 295 g/mol. The van der Waals surface area contributed by atoms with E-state index in [4.69, 9.17) is 9.26 Å². The van der Waals surface area contributed by atoms with Gasteiger partial charge in [0.25, 0.3) is 0 Å². The minimum Gasteiger partial charge on any atom is -0.497 e. The van der Waals surface area contributed by atoms with E-state index in [-0.39, 0.29) is 0 Å². The van der Waals surface area contributed by atoms with E-state index < -0.39 is 0 Å². The van der Waals surface area contributed by atoms with Crippen molar-refractivity contribution in [1.29, 1.82) is 0 Å². The zero-order valence-electron chi connectivity index (χ0n) is 12.6. The number of aromatic nitrogens is 2. The predicted molar refractivity (Wildman–Crippen MR) is 84.8 cm³/mol. The lowest BCUT2D eigenvalue weighted by Gasteiger charge is -2.16. The van der Waals surface area contributed by atoms with Crippen molar-refractivity contribution < 1.29 is 9.26 Å². The van der Waals surface area contributed by atoms with Crippen LogP contribution in [0, 0.1) is 0 Å². The highest BCUT2D eigenvalue weighted by Crippen LogP contribution is 2.22. The molecule has 3 rings (SSSR count). The maximum Gasteiger partial charge on any atom is 0.246 e. The number of para-hydroxylation sites is 1. The Kier molecular flexibility index (Phi) is 4.05. The predicted octanol–water partition coefficient (Wildman–Crippen LogP) is 3.38. The number of rotatable bonds is 5. The molecule has 0 aliphatic heterocycles. The van der Waals surface area contributed by atoms with Crippen molar-refractivity contribution in [3.8, 4) is 17.1 Å². The Balaban J connectivity index is 1.76. The molecule has 0 spiro atoms. The van der Waals surface area contributed by atoms with Crippen LogP contribution in [0.4, 0.5) is 5.69 Å². The number of benzene rings is 2. The van der Waals surface area contributed by atoms with E-state index in [0.29, 0.717) is 18.3 Å². The number of hydrogen-bond donors (Lipinski definition) is 0. The molecule has 112 valence electrons. The first kappa shape index (κ1) is 14.1. The summed E-state index contributed by atoms with van der Waals surface area (Å²) in [5, 5.41) is 4.04. The number of methoxy groups -OCH3 is 1. The summed E-state index contributed by atoms with van der Waals surface area (Å²) < 4.78 is 10.6. The molecule has 5 heteroatoms. The van der Waals surface area contributed by atoms with Crippen molar-refractivity contribution in [1.82, 2.24) is 10.1 Å². The fourth-order valence-electron chi connectivity index (χ4n) is 2.18. The molecule has 0 aliphatic rings. The van der Waals surface area contributed by atoms with E-state index in [9.17, 15) is 0 Å². The van der Waals surface area contributed by atoms with E-state index in [2.05, 4.69) is 15.0 Å². The van der Waals surface area contributed by atoms with Crippen LogP contribution in [0.3, 0.4) is 0 Å². The Morgan fingerprint density at radius 2 is 1.91 bits per heavy atom. The summed E-state index contributed by atoms with van der Waals surface area (Å²) in [7, 11) is 3.63.